The van der Waals surface area contributed by atoms with Gasteiger partial charge in [0.15, 0.2) is 5.54 Å². The zero-order valence-corrected chi connectivity index (χ0v) is 20.6. The molecule has 8 heteroatoms. The lowest BCUT2D eigenvalue weighted by atomic mass is 9.87. The van der Waals surface area contributed by atoms with E-state index in [1.165, 1.54) is 0 Å². The number of hydrogen-bond donors (Lipinski definition) is 2. The molecule has 192 valence electrons. The molecule has 1 heterocycles. The number of ether oxygens (including phenoxy) is 2. The lowest BCUT2D eigenvalue weighted by molar-refractivity contribution is -0.183. The van der Waals surface area contributed by atoms with Crippen molar-refractivity contribution in [3.05, 3.63) is 102 Å². The number of hydrogen-bond acceptors (Lipinski definition) is 5. The van der Waals surface area contributed by atoms with Gasteiger partial charge in [-0.15, -0.1) is 0 Å². The maximum absolute atomic E-state index is 13.2. The number of benzene rings is 3. The Balaban J connectivity index is 1.38. The van der Waals surface area contributed by atoms with Gasteiger partial charge in [0.1, 0.15) is 12.4 Å². The highest BCUT2D eigenvalue weighted by atomic mass is 16.6. The molecule has 3 aromatic rings. The highest BCUT2D eigenvalue weighted by Gasteiger charge is 2.60. The average Bonchev–Trinajstić information content (AvgIpc) is 2.92. The van der Waals surface area contributed by atoms with E-state index in [0.29, 0.717) is 37.1 Å². The third-order valence-corrected chi connectivity index (χ3v) is 6.39. The van der Waals surface area contributed by atoms with Crippen LogP contribution in [0.3, 0.4) is 0 Å². The summed E-state index contributed by atoms with van der Waals surface area (Å²) in [6, 6.07) is 25.3. The summed E-state index contributed by atoms with van der Waals surface area (Å²) in [4.78, 5) is 38.8. The molecule has 1 aliphatic heterocycles. The SMILES string of the molecule is CC1(NC(=O)OCc2ccccc2)C(=O)N(CCCCc2ccccc2C(=O)O)C1Oc1ccccc1. The second-order valence-electron chi connectivity index (χ2n) is 9.09. The number of nitrogens with zero attached hydrogens (tertiary/aromatic N) is 1. The van der Waals surface area contributed by atoms with Gasteiger partial charge in [-0.1, -0.05) is 66.7 Å². The Kier molecular flexibility index (Phi) is 8.08. The molecule has 2 atom stereocenters. The van der Waals surface area contributed by atoms with Crippen LogP contribution in [0.4, 0.5) is 4.79 Å². The van der Waals surface area contributed by atoms with Gasteiger partial charge in [0, 0.05) is 6.54 Å². The minimum Gasteiger partial charge on any atom is -0.478 e. The van der Waals surface area contributed by atoms with Crippen molar-refractivity contribution in [1.29, 1.82) is 0 Å². The summed E-state index contributed by atoms with van der Waals surface area (Å²) in [7, 11) is 0. The number of carbonyl (C=O) groups excluding carboxylic acids is 2. The number of aromatic carboxylic acids is 1. The fraction of sp³-hybridized carbons (Fsp3) is 0.276. The molecule has 4 rings (SSSR count). The van der Waals surface area contributed by atoms with Crippen LogP contribution in [0.2, 0.25) is 0 Å². The van der Waals surface area contributed by atoms with E-state index in [4.69, 9.17) is 9.47 Å². The molecule has 0 spiro atoms. The third kappa shape index (κ3) is 6.09. The van der Waals surface area contributed by atoms with Gasteiger partial charge in [0.25, 0.3) is 5.91 Å². The van der Waals surface area contributed by atoms with Crippen LogP contribution in [0.15, 0.2) is 84.9 Å². The molecule has 2 unspecified atom stereocenters. The van der Waals surface area contributed by atoms with E-state index in [1.807, 2.05) is 60.7 Å². The number of unbranched alkanes of at least 4 members (excludes halogenated alkanes) is 1. The van der Waals surface area contributed by atoms with Crippen LogP contribution in [-0.4, -0.2) is 46.3 Å². The van der Waals surface area contributed by atoms with E-state index in [1.54, 1.807) is 36.1 Å². The topological polar surface area (TPSA) is 105 Å². The Morgan fingerprint density at radius 3 is 2.30 bits per heavy atom. The lowest BCUT2D eigenvalue weighted by Gasteiger charge is -2.53. The maximum atomic E-state index is 13.2. The predicted octanol–water partition coefficient (Wildman–Crippen LogP) is 4.64. The minimum atomic E-state index is -1.29. The van der Waals surface area contributed by atoms with Crippen molar-refractivity contribution in [2.24, 2.45) is 0 Å². The van der Waals surface area contributed by atoms with Gasteiger partial charge in [-0.25, -0.2) is 9.59 Å². The zero-order chi connectivity index (χ0) is 26.3. The van der Waals surface area contributed by atoms with E-state index in [9.17, 15) is 19.5 Å². The number of carboxylic acid groups (broad SMARTS) is 1. The summed E-state index contributed by atoms with van der Waals surface area (Å²) in [6.07, 6.45) is 0.484. The van der Waals surface area contributed by atoms with Crippen LogP contribution < -0.4 is 10.1 Å². The van der Waals surface area contributed by atoms with Gasteiger partial charge >= 0.3 is 12.1 Å². The molecular weight excluding hydrogens is 472 g/mol. The second kappa shape index (κ2) is 11.6. The number of alkyl carbamates (subject to hydrolysis) is 1. The fourth-order valence-corrected chi connectivity index (χ4v) is 4.42. The minimum absolute atomic E-state index is 0.0860. The third-order valence-electron chi connectivity index (χ3n) is 6.39. The van der Waals surface area contributed by atoms with Crippen molar-refractivity contribution in [3.8, 4) is 5.75 Å². The zero-order valence-electron chi connectivity index (χ0n) is 20.6. The largest absolute Gasteiger partial charge is 0.478 e. The molecule has 0 aromatic heterocycles. The van der Waals surface area contributed by atoms with Crippen LogP contribution in [-0.2, 0) is 22.6 Å². The van der Waals surface area contributed by atoms with Crippen LogP contribution in [0.25, 0.3) is 0 Å². The predicted molar refractivity (Wildman–Crippen MR) is 137 cm³/mol. The Morgan fingerprint density at radius 2 is 1.59 bits per heavy atom. The molecule has 3 aromatic carbocycles. The van der Waals surface area contributed by atoms with Gasteiger partial charge < -0.3 is 24.8 Å². The highest BCUT2D eigenvalue weighted by Crippen LogP contribution is 2.33. The summed E-state index contributed by atoms with van der Waals surface area (Å²) in [5.74, 6) is -0.645. The number of para-hydroxylation sites is 1. The monoisotopic (exact) mass is 502 g/mol. The average molecular weight is 503 g/mol. The second-order valence-corrected chi connectivity index (χ2v) is 9.09. The van der Waals surface area contributed by atoms with Crippen LogP contribution in [0.1, 0.15) is 41.3 Å². The van der Waals surface area contributed by atoms with Crippen LogP contribution in [0.5, 0.6) is 5.75 Å². The summed E-state index contributed by atoms with van der Waals surface area (Å²) in [5.41, 5.74) is 0.596. The van der Waals surface area contributed by atoms with Crippen LogP contribution >= 0.6 is 0 Å². The number of β-lactam (4-membered cyclic amide) rings is 1. The number of aryl methyl sites for hydroxylation is 1. The van der Waals surface area contributed by atoms with E-state index < -0.39 is 23.8 Å². The van der Waals surface area contributed by atoms with Gasteiger partial charge in [-0.2, -0.15) is 0 Å². The number of nitrogens with one attached hydrogen (secondary N) is 1. The first-order valence-corrected chi connectivity index (χ1v) is 12.2. The Morgan fingerprint density at radius 1 is 0.946 bits per heavy atom. The first kappa shape index (κ1) is 25.8. The van der Waals surface area contributed by atoms with Crippen molar-refractivity contribution < 1.29 is 29.0 Å². The van der Waals surface area contributed by atoms with Crippen molar-refractivity contribution in [2.45, 2.75) is 44.6 Å². The molecule has 2 N–H and O–H groups in total. The first-order chi connectivity index (χ1) is 17.9. The van der Waals surface area contributed by atoms with Crippen molar-refractivity contribution >= 4 is 18.0 Å². The van der Waals surface area contributed by atoms with Gasteiger partial charge in [-0.05, 0) is 55.5 Å². The quantitative estimate of drug-likeness (QED) is 0.292. The van der Waals surface area contributed by atoms with Crippen LogP contribution in [0, 0.1) is 0 Å². The first-order valence-electron chi connectivity index (χ1n) is 12.2. The number of amides is 2. The number of rotatable bonds is 11. The van der Waals surface area contributed by atoms with E-state index in [0.717, 1.165) is 11.1 Å². The molecule has 0 aliphatic carbocycles. The number of likely N-dealkylation sites (tertiary alicyclic amines) is 1. The maximum Gasteiger partial charge on any atom is 0.408 e. The Bertz CT molecular complexity index is 1230. The van der Waals surface area contributed by atoms with Crippen molar-refractivity contribution in [1.82, 2.24) is 10.2 Å². The molecule has 8 nitrogen and oxygen atoms in total. The summed E-state index contributed by atoms with van der Waals surface area (Å²) in [5, 5.41) is 12.1. The molecule has 0 bridgehead atoms. The highest BCUT2D eigenvalue weighted by molar-refractivity contribution is 5.96. The molecule has 1 aliphatic rings. The van der Waals surface area contributed by atoms with Crippen molar-refractivity contribution in [3.63, 3.8) is 0 Å². The molecule has 1 saturated heterocycles. The standard InChI is InChI=1S/C29H30N2O6/c1-29(30-28(35)36-20-21-12-4-2-5-13-21)26(34)31(27(29)37-23-16-6-3-7-17-23)19-11-10-15-22-14-8-9-18-24(22)25(32)33/h2-9,12-14,16-18,27H,10-11,15,19-20H2,1H3,(H,30,35)(H,32,33). The number of carboxylic acids is 1. The Hall–Kier alpha value is -4.33. The molecule has 0 radical (unpaired) electrons. The number of carbonyl (C=O) groups is 3. The van der Waals surface area contributed by atoms with E-state index in [-0.39, 0.29) is 12.5 Å². The van der Waals surface area contributed by atoms with Crippen molar-refractivity contribution in [2.75, 3.05) is 6.54 Å². The lowest BCUT2D eigenvalue weighted by Crippen LogP contribution is -2.80. The summed E-state index contributed by atoms with van der Waals surface area (Å²) < 4.78 is 11.5. The van der Waals surface area contributed by atoms with Gasteiger partial charge in [0.05, 0.1) is 5.56 Å². The molecule has 1 fully saturated rings. The smallest absolute Gasteiger partial charge is 0.408 e. The normalized spacial score (nSPS) is 18.6. The summed E-state index contributed by atoms with van der Waals surface area (Å²) in [6.45, 7) is 2.12. The van der Waals surface area contributed by atoms with Gasteiger partial charge in [-0.3, -0.25) is 4.79 Å². The van der Waals surface area contributed by atoms with Gasteiger partial charge in [0.2, 0.25) is 6.23 Å². The molecular formula is C29H30N2O6. The Labute approximate surface area is 215 Å². The summed E-state index contributed by atoms with van der Waals surface area (Å²) >= 11 is 0. The fourth-order valence-electron chi connectivity index (χ4n) is 4.42. The van der Waals surface area contributed by atoms with E-state index >= 15 is 0 Å². The molecule has 2 amide bonds. The van der Waals surface area contributed by atoms with E-state index in [2.05, 4.69) is 5.32 Å². The molecule has 0 saturated carbocycles. The molecule has 37 heavy (non-hydrogen) atoms.